The molecule has 0 aliphatic heterocycles. The van der Waals surface area contributed by atoms with E-state index in [1.807, 2.05) is 0 Å². The monoisotopic (exact) mass is 324 g/mol. The maximum Gasteiger partial charge on any atom is 0.130 e. The van der Waals surface area contributed by atoms with Crippen LogP contribution in [0.4, 0.5) is 0 Å². The Morgan fingerprint density at radius 1 is 1.33 bits per heavy atom. The summed E-state index contributed by atoms with van der Waals surface area (Å²) in [6.07, 6.45) is 10.9. The van der Waals surface area contributed by atoms with Crippen LogP contribution >= 0.6 is 0 Å². The minimum atomic E-state index is -0.920. The van der Waals surface area contributed by atoms with Crippen LogP contribution in [0.3, 0.4) is 0 Å². The van der Waals surface area contributed by atoms with Crippen molar-refractivity contribution < 1.29 is 9.84 Å². The number of hydrogen-bond acceptors (Lipinski definition) is 2. The van der Waals surface area contributed by atoms with Crippen LogP contribution in [-0.4, -0.2) is 17.8 Å². The van der Waals surface area contributed by atoms with Crippen molar-refractivity contribution in [3.63, 3.8) is 0 Å². The number of rotatable bonds is 1. The number of terminal acetylenes is 1. The third-order valence-electron chi connectivity index (χ3n) is 7.61. The first kappa shape index (κ1) is 16.0. The van der Waals surface area contributed by atoms with Gasteiger partial charge < -0.3 is 9.84 Å². The van der Waals surface area contributed by atoms with Gasteiger partial charge in [-0.25, -0.2) is 0 Å². The Morgan fingerprint density at radius 2 is 2.12 bits per heavy atom. The summed E-state index contributed by atoms with van der Waals surface area (Å²) >= 11 is 0. The van der Waals surface area contributed by atoms with Crippen LogP contribution in [0.5, 0.6) is 5.75 Å². The number of aryl methyl sites for hydroxylation is 1. The number of methoxy groups -OCH3 is 1. The average Bonchev–Trinajstić information content (AvgIpc) is 2.85. The zero-order valence-corrected chi connectivity index (χ0v) is 15.0. The van der Waals surface area contributed by atoms with Gasteiger partial charge in [-0.15, -0.1) is 6.42 Å². The molecule has 1 aromatic carbocycles. The molecule has 3 aliphatic carbocycles. The molecule has 0 spiro atoms. The van der Waals surface area contributed by atoms with Gasteiger partial charge in [-0.2, -0.15) is 0 Å². The summed E-state index contributed by atoms with van der Waals surface area (Å²) in [5, 5.41) is 11.1. The lowest BCUT2D eigenvalue weighted by molar-refractivity contribution is -0.0811. The second-order valence-corrected chi connectivity index (χ2v) is 8.54. The van der Waals surface area contributed by atoms with Crippen LogP contribution in [0.2, 0.25) is 0 Å². The fraction of sp³-hybridized carbons (Fsp3) is 0.636. The molecular formula is C22H28O2. The lowest BCUT2D eigenvalue weighted by Gasteiger charge is -2.54. The largest absolute Gasteiger partial charge is 0.497 e. The van der Waals surface area contributed by atoms with E-state index in [0.29, 0.717) is 23.7 Å². The van der Waals surface area contributed by atoms with Crippen molar-refractivity contribution in [2.75, 3.05) is 7.11 Å². The Bertz CT molecular complexity index is 702. The van der Waals surface area contributed by atoms with Crippen LogP contribution in [0.1, 0.15) is 56.6 Å². The topological polar surface area (TPSA) is 29.5 Å². The van der Waals surface area contributed by atoms with Crippen LogP contribution in [0.25, 0.3) is 0 Å². The molecule has 2 nitrogen and oxygen atoms in total. The fourth-order valence-electron chi connectivity index (χ4n) is 6.48. The zero-order valence-electron chi connectivity index (χ0n) is 15.0. The van der Waals surface area contributed by atoms with Crippen molar-refractivity contribution >= 4 is 0 Å². The summed E-state index contributed by atoms with van der Waals surface area (Å²) in [4.78, 5) is 0. The summed E-state index contributed by atoms with van der Waals surface area (Å²) in [7, 11) is 1.74. The summed E-state index contributed by atoms with van der Waals surface area (Å²) in [5.74, 6) is 6.05. The van der Waals surface area contributed by atoms with Crippen molar-refractivity contribution in [3.05, 3.63) is 29.3 Å². The molecule has 2 saturated carbocycles. The molecule has 0 heterocycles. The number of hydrogen-bond donors (Lipinski definition) is 1. The fourth-order valence-corrected chi connectivity index (χ4v) is 6.48. The van der Waals surface area contributed by atoms with Crippen LogP contribution in [0.15, 0.2) is 18.2 Å². The van der Waals surface area contributed by atoms with E-state index in [2.05, 4.69) is 38.0 Å². The van der Waals surface area contributed by atoms with E-state index in [4.69, 9.17) is 11.2 Å². The molecule has 0 aromatic heterocycles. The molecular weight excluding hydrogens is 296 g/mol. The van der Waals surface area contributed by atoms with Gasteiger partial charge in [0.25, 0.3) is 0 Å². The lowest BCUT2D eigenvalue weighted by Crippen LogP contribution is -2.52. The molecule has 24 heavy (non-hydrogen) atoms. The predicted octanol–water partition coefficient (Wildman–Crippen LogP) is 4.16. The van der Waals surface area contributed by atoms with Gasteiger partial charge in [0, 0.05) is 5.41 Å². The van der Waals surface area contributed by atoms with E-state index >= 15 is 0 Å². The maximum atomic E-state index is 11.1. The zero-order chi connectivity index (χ0) is 17.1. The molecule has 1 aromatic rings. The Kier molecular flexibility index (Phi) is 3.52. The number of ether oxygens (including phenoxy) is 1. The molecule has 6 atom stereocenters. The maximum absolute atomic E-state index is 11.1. The molecule has 1 N–H and O–H groups in total. The van der Waals surface area contributed by atoms with Crippen LogP contribution in [-0.2, 0) is 6.42 Å². The molecule has 2 fully saturated rings. The molecule has 3 aliphatic rings. The highest BCUT2D eigenvalue weighted by molar-refractivity contribution is 5.41. The van der Waals surface area contributed by atoms with Gasteiger partial charge in [-0.3, -0.25) is 0 Å². The Hall–Kier alpha value is -1.46. The molecule has 0 bridgehead atoms. The third-order valence-corrected chi connectivity index (χ3v) is 7.61. The minimum Gasteiger partial charge on any atom is -0.497 e. The van der Waals surface area contributed by atoms with Gasteiger partial charge in [0.1, 0.15) is 11.4 Å². The Labute approximate surface area is 145 Å². The normalized spacial score (nSPS) is 43.3. The Morgan fingerprint density at radius 3 is 2.83 bits per heavy atom. The second kappa shape index (κ2) is 5.27. The first-order chi connectivity index (χ1) is 11.4. The second-order valence-electron chi connectivity index (χ2n) is 8.54. The van der Waals surface area contributed by atoms with E-state index in [1.54, 1.807) is 7.11 Å². The van der Waals surface area contributed by atoms with Crippen molar-refractivity contribution in [3.8, 4) is 18.1 Å². The quantitative estimate of drug-likeness (QED) is 0.786. The highest BCUT2D eigenvalue weighted by Gasteiger charge is 2.62. The molecule has 0 amide bonds. The number of aliphatic hydroxyl groups is 1. The summed E-state index contributed by atoms with van der Waals surface area (Å²) in [5.41, 5.74) is 1.91. The van der Waals surface area contributed by atoms with Crippen molar-refractivity contribution in [1.82, 2.24) is 0 Å². The van der Waals surface area contributed by atoms with E-state index in [-0.39, 0.29) is 5.41 Å². The summed E-state index contributed by atoms with van der Waals surface area (Å²) in [6.45, 7) is 4.61. The number of fused-ring (bicyclic) bond motifs is 5. The average molecular weight is 324 g/mol. The van der Waals surface area contributed by atoms with Gasteiger partial charge in [-0.1, -0.05) is 25.8 Å². The SMILES string of the molecule is C#C[C@]1(O)CC[C@@H]2[C@@H]3CCc4cc(OC)ccc4[C@@H]3[C@@H](C)C[C@]21C. The summed E-state index contributed by atoms with van der Waals surface area (Å²) < 4.78 is 5.42. The highest BCUT2D eigenvalue weighted by atomic mass is 16.5. The lowest BCUT2D eigenvalue weighted by atomic mass is 9.50. The van der Waals surface area contributed by atoms with E-state index in [9.17, 15) is 5.11 Å². The van der Waals surface area contributed by atoms with E-state index in [0.717, 1.165) is 31.4 Å². The third kappa shape index (κ3) is 1.94. The first-order valence-electron chi connectivity index (χ1n) is 9.30. The summed E-state index contributed by atoms with van der Waals surface area (Å²) in [6, 6.07) is 6.61. The van der Waals surface area contributed by atoms with E-state index in [1.165, 1.54) is 17.5 Å². The molecule has 4 rings (SSSR count). The first-order valence-corrected chi connectivity index (χ1v) is 9.30. The van der Waals surface area contributed by atoms with Crippen molar-refractivity contribution in [1.29, 1.82) is 0 Å². The van der Waals surface area contributed by atoms with Crippen molar-refractivity contribution in [2.24, 2.45) is 23.2 Å². The molecule has 0 unspecified atom stereocenters. The smallest absolute Gasteiger partial charge is 0.130 e. The van der Waals surface area contributed by atoms with Gasteiger partial charge in [0.15, 0.2) is 0 Å². The van der Waals surface area contributed by atoms with Crippen molar-refractivity contribution in [2.45, 2.75) is 57.5 Å². The standard InChI is InChI=1S/C22H28O2/c1-5-22(23)11-10-19-18-8-6-15-12-16(24-4)7-9-17(15)20(18)14(2)13-21(19,22)3/h1,7,9,12,14,18-20,23H,6,8,10-11,13H2,2-4H3/t14-,18-,19+,20-,21+,22-/m0/s1. The van der Waals surface area contributed by atoms with Crippen LogP contribution in [0, 0.1) is 35.5 Å². The molecule has 0 saturated heterocycles. The minimum absolute atomic E-state index is 0.133. The highest BCUT2D eigenvalue weighted by Crippen LogP contribution is 2.65. The predicted molar refractivity (Wildman–Crippen MR) is 95.9 cm³/mol. The van der Waals surface area contributed by atoms with Gasteiger partial charge in [-0.05, 0) is 79.0 Å². The van der Waals surface area contributed by atoms with Crippen LogP contribution < -0.4 is 4.74 Å². The molecule has 128 valence electrons. The number of benzene rings is 1. The molecule has 0 radical (unpaired) electrons. The molecule has 2 heteroatoms. The van der Waals surface area contributed by atoms with Gasteiger partial charge in [0.2, 0.25) is 0 Å². The van der Waals surface area contributed by atoms with Gasteiger partial charge in [0.05, 0.1) is 7.11 Å². The van der Waals surface area contributed by atoms with E-state index < -0.39 is 5.60 Å². The Balaban J connectivity index is 1.75. The van der Waals surface area contributed by atoms with Gasteiger partial charge >= 0.3 is 0 Å².